The zero-order valence-corrected chi connectivity index (χ0v) is 11.5. The van der Waals surface area contributed by atoms with Crippen molar-refractivity contribution in [2.75, 3.05) is 5.32 Å². The van der Waals surface area contributed by atoms with Gasteiger partial charge >= 0.3 is 0 Å². The number of aromatic amines is 1. The fourth-order valence-corrected chi connectivity index (χ4v) is 2.26. The summed E-state index contributed by atoms with van der Waals surface area (Å²) in [6.07, 6.45) is 1.13. The third kappa shape index (κ3) is 3.27. The summed E-state index contributed by atoms with van der Waals surface area (Å²) < 4.78 is 23.9. The first-order valence-electron chi connectivity index (χ1n) is 5.48. The highest BCUT2D eigenvalue weighted by Gasteiger charge is 2.20. The number of aromatic hydroxyl groups is 1. The maximum atomic E-state index is 11.9. The molecule has 11 heteroatoms. The summed E-state index contributed by atoms with van der Waals surface area (Å²) in [5.41, 5.74) is -0.852. The molecule has 5 N–H and O–H groups in total. The lowest BCUT2D eigenvalue weighted by Crippen LogP contribution is -2.19. The van der Waals surface area contributed by atoms with Crippen molar-refractivity contribution in [3.8, 4) is 5.88 Å². The number of rotatable bonds is 3. The number of hydrogen-bond acceptors (Lipinski definition) is 6. The van der Waals surface area contributed by atoms with E-state index in [2.05, 4.69) is 15.4 Å². The lowest BCUT2D eigenvalue weighted by Gasteiger charge is -2.04. The van der Waals surface area contributed by atoms with Crippen LogP contribution in [0.25, 0.3) is 0 Å². The number of H-pyrrole nitrogens is 1. The molecule has 0 aliphatic heterocycles. The van der Waals surface area contributed by atoms with Crippen molar-refractivity contribution in [3.05, 3.63) is 34.2 Å². The minimum absolute atomic E-state index is 0.165. The number of nitrogens with one attached hydrogen (secondary N) is 2. The third-order valence-corrected chi connectivity index (χ3v) is 3.34. The van der Waals surface area contributed by atoms with Gasteiger partial charge < -0.3 is 10.4 Å². The number of aromatic nitrogens is 3. The monoisotopic (exact) mass is 313 g/mol. The van der Waals surface area contributed by atoms with E-state index in [0.29, 0.717) is 0 Å². The number of aryl methyl sites for hydroxylation is 1. The molecule has 2 heterocycles. The van der Waals surface area contributed by atoms with Crippen molar-refractivity contribution in [3.63, 3.8) is 0 Å². The van der Waals surface area contributed by atoms with Crippen molar-refractivity contribution in [2.45, 2.75) is 4.90 Å². The van der Waals surface area contributed by atoms with Crippen LogP contribution in [0, 0.1) is 0 Å². The minimum Gasteiger partial charge on any atom is -0.494 e. The Morgan fingerprint density at radius 1 is 1.48 bits per heavy atom. The molecule has 0 aliphatic rings. The Kier molecular flexibility index (Phi) is 3.53. The Hall–Kier alpha value is -2.66. The summed E-state index contributed by atoms with van der Waals surface area (Å²) in [6.45, 7) is 0. The summed E-state index contributed by atoms with van der Waals surface area (Å²) in [6, 6.07) is 1.95. The van der Waals surface area contributed by atoms with Crippen molar-refractivity contribution < 1.29 is 18.3 Å². The fraction of sp³-hybridized carbons (Fsp3) is 0.100. The molecule has 0 fully saturated rings. The van der Waals surface area contributed by atoms with Crippen LogP contribution < -0.4 is 16.0 Å². The Balaban J connectivity index is 2.39. The number of pyridine rings is 1. The van der Waals surface area contributed by atoms with Gasteiger partial charge in [0.2, 0.25) is 10.0 Å². The van der Waals surface area contributed by atoms with Gasteiger partial charge in [0.15, 0.2) is 11.7 Å². The highest BCUT2D eigenvalue weighted by Crippen LogP contribution is 2.18. The van der Waals surface area contributed by atoms with Gasteiger partial charge in [0.05, 0.1) is 5.56 Å². The van der Waals surface area contributed by atoms with E-state index < -0.39 is 27.4 Å². The van der Waals surface area contributed by atoms with E-state index in [-0.39, 0.29) is 16.3 Å². The number of sulfonamides is 1. The van der Waals surface area contributed by atoms with Crippen LogP contribution in [-0.4, -0.2) is 34.2 Å². The second kappa shape index (κ2) is 5.03. The molecule has 2 aromatic rings. The van der Waals surface area contributed by atoms with Crippen LogP contribution in [0.15, 0.2) is 28.0 Å². The second-order valence-corrected chi connectivity index (χ2v) is 5.66. The molecule has 112 valence electrons. The molecule has 0 atom stereocenters. The summed E-state index contributed by atoms with van der Waals surface area (Å²) in [5, 5.41) is 20.2. The topological polar surface area (TPSA) is 160 Å². The van der Waals surface area contributed by atoms with Gasteiger partial charge in [0.25, 0.3) is 11.5 Å². The highest BCUT2D eigenvalue weighted by atomic mass is 32.2. The van der Waals surface area contributed by atoms with Crippen molar-refractivity contribution >= 4 is 21.7 Å². The van der Waals surface area contributed by atoms with Crippen molar-refractivity contribution in [2.24, 2.45) is 12.2 Å². The van der Waals surface area contributed by atoms with E-state index in [1.165, 1.54) is 7.05 Å². The van der Waals surface area contributed by atoms with Gasteiger partial charge in [-0.1, -0.05) is 0 Å². The number of carbonyl (C=O) groups excluding carboxylic acids is 1. The standard InChI is InChI=1S/C10H11N5O5S/c1-15-4-6(21(11,19)20)9(14-15)13-10(18)5-2-7(16)12-8(17)3-5/h2-4H,1H3,(H2,11,19,20)(H2,12,16,17)(H,13,14,18). The van der Waals surface area contributed by atoms with E-state index in [9.17, 15) is 23.1 Å². The molecule has 0 radical (unpaired) electrons. The van der Waals surface area contributed by atoms with Gasteiger partial charge in [-0.15, -0.1) is 0 Å². The van der Waals surface area contributed by atoms with E-state index in [1.807, 2.05) is 0 Å². The Labute approximate surface area is 118 Å². The Morgan fingerprint density at radius 3 is 2.71 bits per heavy atom. The van der Waals surface area contributed by atoms with Gasteiger partial charge in [-0.2, -0.15) is 5.10 Å². The van der Waals surface area contributed by atoms with Gasteiger partial charge in [-0.05, 0) is 0 Å². The number of anilines is 1. The maximum Gasteiger partial charge on any atom is 0.257 e. The van der Waals surface area contributed by atoms with Crippen LogP contribution in [0.3, 0.4) is 0 Å². The van der Waals surface area contributed by atoms with E-state index >= 15 is 0 Å². The van der Waals surface area contributed by atoms with Crippen LogP contribution in [0.1, 0.15) is 10.4 Å². The minimum atomic E-state index is -4.07. The summed E-state index contributed by atoms with van der Waals surface area (Å²) in [5.74, 6) is -1.59. The molecule has 0 unspecified atom stereocenters. The van der Waals surface area contributed by atoms with Crippen molar-refractivity contribution in [1.29, 1.82) is 0 Å². The van der Waals surface area contributed by atoms with Gasteiger partial charge in [-0.25, -0.2) is 13.6 Å². The molecule has 0 aromatic carbocycles. The van der Waals surface area contributed by atoms with Gasteiger partial charge in [-0.3, -0.25) is 19.3 Å². The smallest absolute Gasteiger partial charge is 0.257 e. The molecule has 10 nitrogen and oxygen atoms in total. The predicted molar refractivity (Wildman–Crippen MR) is 71.3 cm³/mol. The van der Waals surface area contributed by atoms with Crippen LogP contribution >= 0.6 is 0 Å². The molecular weight excluding hydrogens is 302 g/mol. The molecule has 1 amide bonds. The largest absolute Gasteiger partial charge is 0.494 e. The number of nitrogens with zero attached hydrogens (tertiary/aromatic N) is 2. The van der Waals surface area contributed by atoms with Crippen LogP contribution in [0.2, 0.25) is 0 Å². The lowest BCUT2D eigenvalue weighted by molar-refractivity contribution is 0.102. The fourth-order valence-electron chi connectivity index (χ4n) is 1.60. The molecule has 21 heavy (non-hydrogen) atoms. The first kappa shape index (κ1) is 14.7. The molecule has 0 saturated carbocycles. The van der Waals surface area contributed by atoms with Crippen molar-refractivity contribution in [1.82, 2.24) is 14.8 Å². The SMILES string of the molecule is Cn1cc(S(N)(=O)=O)c(NC(=O)c2cc(O)[nH]c(=O)c2)n1. The lowest BCUT2D eigenvalue weighted by atomic mass is 10.2. The first-order valence-corrected chi connectivity index (χ1v) is 7.02. The maximum absolute atomic E-state index is 11.9. The molecule has 0 aliphatic carbocycles. The number of hydrogen-bond donors (Lipinski definition) is 4. The normalized spacial score (nSPS) is 11.3. The number of nitrogens with two attached hydrogens (primary N) is 1. The van der Waals surface area contributed by atoms with E-state index in [4.69, 9.17) is 5.14 Å². The van der Waals surface area contributed by atoms with E-state index in [0.717, 1.165) is 23.0 Å². The third-order valence-electron chi connectivity index (χ3n) is 2.43. The van der Waals surface area contributed by atoms with Crippen LogP contribution in [-0.2, 0) is 17.1 Å². The molecule has 2 rings (SSSR count). The molecule has 0 saturated heterocycles. The predicted octanol–water partition coefficient (Wildman–Crippen LogP) is -1.29. The average Bonchev–Trinajstić information content (AvgIpc) is 2.68. The average molecular weight is 313 g/mol. The summed E-state index contributed by atoms with van der Waals surface area (Å²) in [4.78, 5) is 24.8. The quantitative estimate of drug-likeness (QED) is 0.551. The summed E-state index contributed by atoms with van der Waals surface area (Å²) in [7, 11) is -2.62. The Bertz CT molecular complexity index is 866. The van der Waals surface area contributed by atoms with Crippen LogP contribution in [0.4, 0.5) is 5.82 Å². The molecular formula is C10H11N5O5S. The van der Waals surface area contributed by atoms with Crippen LogP contribution in [0.5, 0.6) is 5.88 Å². The number of primary sulfonamides is 1. The molecule has 0 bridgehead atoms. The van der Waals surface area contributed by atoms with E-state index in [1.54, 1.807) is 0 Å². The number of amides is 1. The first-order chi connectivity index (χ1) is 9.66. The van der Waals surface area contributed by atoms with Gasteiger partial charge in [0, 0.05) is 25.4 Å². The summed E-state index contributed by atoms with van der Waals surface area (Å²) >= 11 is 0. The Morgan fingerprint density at radius 2 is 2.14 bits per heavy atom. The second-order valence-electron chi connectivity index (χ2n) is 4.13. The highest BCUT2D eigenvalue weighted by molar-refractivity contribution is 7.89. The molecule has 0 spiro atoms. The zero-order chi connectivity index (χ0) is 15.8. The molecule has 2 aromatic heterocycles. The zero-order valence-electron chi connectivity index (χ0n) is 10.7. The number of carbonyl (C=O) groups is 1. The van der Waals surface area contributed by atoms with Gasteiger partial charge in [0.1, 0.15) is 4.90 Å².